The van der Waals surface area contributed by atoms with Gasteiger partial charge in [0.25, 0.3) is 5.89 Å². The van der Waals surface area contributed by atoms with Crippen molar-refractivity contribution in [1.82, 2.24) is 10.1 Å². The summed E-state index contributed by atoms with van der Waals surface area (Å²) in [5, 5.41) is 7.00. The maximum atomic E-state index is 5.37. The predicted octanol–water partition coefficient (Wildman–Crippen LogP) is 2.70. The van der Waals surface area contributed by atoms with E-state index in [1.54, 1.807) is 0 Å². The molecule has 0 radical (unpaired) electrons. The van der Waals surface area contributed by atoms with Crippen LogP contribution in [0.25, 0.3) is 11.5 Å². The molecule has 0 spiro atoms. The van der Waals surface area contributed by atoms with E-state index in [9.17, 15) is 0 Å². The van der Waals surface area contributed by atoms with Crippen molar-refractivity contribution in [2.24, 2.45) is 0 Å². The second kappa shape index (κ2) is 6.16. The molecule has 0 saturated heterocycles. The highest BCUT2D eigenvalue weighted by atomic mass is 16.5. The summed E-state index contributed by atoms with van der Waals surface area (Å²) in [4.78, 5) is 4.32. The van der Waals surface area contributed by atoms with Gasteiger partial charge in [-0.15, -0.1) is 0 Å². The molecule has 96 valence electrons. The molecule has 1 N–H and O–H groups in total. The SMILES string of the molecule is CCCOCc1noc(-c2ccccc2NC)n1. The number of ether oxygens (including phenoxy) is 1. The molecule has 0 fully saturated rings. The Bertz CT molecular complexity index is 496. The third-order valence-corrected chi connectivity index (χ3v) is 2.47. The summed E-state index contributed by atoms with van der Waals surface area (Å²) in [5.74, 6) is 1.08. The summed E-state index contributed by atoms with van der Waals surface area (Å²) in [7, 11) is 1.86. The van der Waals surface area contributed by atoms with Gasteiger partial charge < -0.3 is 14.6 Å². The van der Waals surface area contributed by atoms with Crippen LogP contribution in [0.4, 0.5) is 5.69 Å². The van der Waals surface area contributed by atoms with Gasteiger partial charge in [-0.25, -0.2) is 0 Å². The standard InChI is InChI=1S/C13H17N3O2/c1-3-8-17-9-12-15-13(18-16-12)10-6-4-5-7-11(10)14-2/h4-7,14H,3,8-9H2,1-2H3. The lowest BCUT2D eigenvalue weighted by atomic mass is 10.2. The zero-order valence-electron chi connectivity index (χ0n) is 10.6. The minimum Gasteiger partial charge on any atom is -0.387 e. The second-order valence-electron chi connectivity index (χ2n) is 3.86. The number of benzene rings is 1. The molecule has 2 aromatic rings. The zero-order chi connectivity index (χ0) is 12.8. The summed E-state index contributed by atoms with van der Waals surface area (Å²) in [6, 6.07) is 7.80. The minimum atomic E-state index is 0.388. The highest BCUT2D eigenvalue weighted by Gasteiger charge is 2.11. The zero-order valence-corrected chi connectivity index (χ0v) is 10.6. The Morgan fingerprint density at radius 2 is 2.17 bits per heavy atom. The van der Waals surface area contributed by atoms with Gasteiger partial charge in [0.15, 0.2) is 5.82 Å². The molecule has 0 bridgehead atoms. The highest BCUT2D eigenvalue weighted by molar-refractivity contribution is 5.71. The molecule has 1 heterocycles. The lowest BCUT2D eigenvalue weighted by molar-refractivity contribution is 0.114. The van der Waals surface area contributed by atoms with Crippen LogP contribution in [-0.2, 0) is 11.3 Å². The number of anilines is 1. The van der Waals surface area contributed by atoms with Crippen LogP contribution in [0.15, 0.2) is 28.8 Å². The van der Waals surface area contributed by atoms with Crippen LogP contribution in [0.2, 0.25) is 0 Å². The molecule has 0 aliphatic carbocycles. The van der Waals surface area contributed by atoms with Crippen molar-refractivity contribution in [3.05, 3.63) is 30.1 Å². The van der Waals surface area contributed by atoms with E-state index in [0.717, 1.165) is 17.7 Å². The van der Waals surface area contributed by atoms with E-state index in [2.05, 4.69) is 22.4 Å². The van der Waals surface area contributed by atoms with Crippen molar-refractivity contribution in [3.63, 3.8) is 0 Å². The molecule has 0 aliphatic rings. The Hall–Kier alpha value is -1.88. The van der Waals surface area contributed by atoms with Gasteiger partial charge in [-0.3, -0.25) is 0 Å². The highest BCUT2D eigenvalue weighted by Crippen LogP contribution is 2.25. The minimum absolute atomic E-state index is 0.388. The van der Waals surface area contributed by atoms with Crippen LogP contribution in [0, 0.1) is 0 Å². The quantitative estimate of drug-likeness (QED) is 0.795. The van der Waals surface area contributed by atoms with E-state index in [0.29, 0.717) is 24.9 Å². The molecule has 18 heavy (non-hydrogen) atoms. The second-order valence-corrected chi connectivity index (χ2v) is 3.86. The van der Waals surface area contributed by atoms with Gasteiger partial charge in [-0.2, -0.15) is 4.98 Å². The molecule has 0 atom stereocenters. The molecule has 0 aliphatic heterocycles. The molecule has 2 rings (SSSR count). The summed E-state index contributed by atoms with van der Waals surface area (Å²) < 4.78 is 10.6. The van der Waals surface area contributed by atoms with Gasteiger partial charge in [0.2, 0.25) is 0 Å². The van der Waals surface area contributed by atoms with E-state index >= 15 is 0 Å². The molecular weight excluding hydrogens is 230 g/mol. The first-order chi connectivity index (χ1) is 8.85. The van der Waals surface area contributed by atoms with Crippen molar-refractivity contribution in [2.45, 2.75) is 20.0 Å². The van der Waals surface area contributed by atoms with Crippen molar-refractivity contribution >= 4 is 5.69 Å². The summed E-state index contributed by atoms with van der Waals surface area (Å²) >= 11 is 0. The molecule has 1 aromatic heterocycles. The van der Waals surface area contributed by atoms with Crippen LogP contribution < -0.4 is 5.32 Å². The Kier molecular flexibility index (Phi) is 4.30. The maximum absolute atomic E-state index is 5.37. The molecule has 0 saturated carbocycles. The maximum Gasteiger partial charge on any atom is 0.260 e. The van der Waals surface area contributed by atoms with Crippen molar-refractivity contribution in [3.8, 4) is 11.5 Å². The Morgan fingerprint density at radius 1 is 1.33 bits per heavy atom. The number of aromatic nitrogens is 2. The van der Waals surface area contributed by atoms with Gasteiger partial charge in [0.05, 0.1) is 5.56 Å². The van der Waals surface area contributed by atoms with Gasteiger partial charge in [-0.05, 0) is 18.6 Å². The molecule has 1 aromatic carbocycles. The lowest BCUT2D eigenvalue weighted by Crippen LogP contribution is -1.96. The van der Waals surface area contributed by atoms with Gasteiger partial charge in [-0.1, -0.05) is 24.2 Å². The van der Waals surface area contributed by atoms with Crippen LogP contribution in [0.1, 0.15) is 19.2 Å². The molecular formula is C13H17N3O2. The topological polar surface area (TPSA) is 60.2 Å². The smallest absolute Gasteiger partial charge is 0.260 e. The molecule has 5 heteroatoms. The normalized spacial score (nSPS) is 10.6. The monoisotopic (exact) mass is 247 g/mol. The average Bonchev–Trinajstić information content (AvgIpc) is 2.88. The van der Waals surface area contributed by atoms with Crippen molar-refractivity contribution in [2.75, 3.05) is 19.0 Å². The first-order valence-electron chi connectivity index (χ1n) is 6.02. The van der Waals surface area contributed by atoms with E-state index in [1.807, 2.05) is 31.3 Å². The van der Waals surface area contributed by atoms with E-state index in [1.165, 1.54) is 0 Å². The summed E-state index contributed by atoms with van der Waals surface area (Å²) in [6.07, 6.45) is 0.979. The molecule has 0 unspecified atom stereocenters. The Balaban J connectivity index is 2.13. The number of nitrogens with zero attached hydrogens (tertiary/aromatic N) is 2. The predicted molar refractivity (Wildman–Crippen MR) is 69.2 cm³/mol. The fourth-order valence-electron chi connectivity index (χ4n) is 1.62. The van der Waals surface area contributed by atoms with E-state index < -0.39 is 0 Å². The largest absolute Gasteiger partial charge is 0.387 e. The van der Waals surface area contributed by atoms with Crippen LogP contribution in [0.3, 0.4) is 0 Å². The van der Waals surface area contributed by atoms with Gasteiger partial charge in [0, 0.05) is 19.3 Å². The first-order valence-corrected chi connectivity index (χ1v) is 6.02. The summed E-state index contributed by atoms with van der Waals surface area (Å²) in [6.45, 7) is 3.15. The van der Waals surface area contributed by atoms with E-state index in [4.69, 9.17) is 9.26 Å². The number of rotatable bonds is 6. The van der Waals surface area contributed by atoms with Gasteiger partial charge in [0.1, 0.15) is 6.61 Å². The Labute approximate surface area is 106 Å². The molecule has 5 nitrogen and oxygen atoms in total. The fourth-order valence-corrected chi connectivity index (χ4v) is 1.62. The van der Waals surface area contributed by atoms with E-state index in [-0.39, 0.29) is 0 Å². The number of hydrogen-bond acceptors (Lipinski definition) is 5. The summed E-state index contributed by atoms with van der Waals surface area (Å²) in [5.41, 5.74) is 1.86. The first kappa shape index (κ1) is 12.6. The fraction of sp³-hybridized carbons (Fsp3) is 0.385. The van der Waals surface area contributed by atoms with Crippen molar-refractivity contribution < 1.29 is 9.26 Å². The third kappa shape index (κ3) is 2.87. The van der Waals surface area contributed by atoms with Crippen molar-refractivity contribution in [1.29, 1.82) is 0 Å². The number of para-hydroxylation sites is 1. The number of nitrogens with one attached hydrogen (secondary N) is 1. The van der Waals surface area contributed by atoms with Crippen LogP contribution >= 0.6 is 0 Å². The number of hydrogen-bond donors (Lipinski definition) is 1. The Morgan fingerprint density at radius 3 is 2.94 bits per heavy atom. The van der Waals surface area contributed by atoms with Crippen LogP contribution in [-0.4, -0.2) is 23.8 Å². The third-order valence-electron chi connectivity index (χ3n) is 2.47. The average molecular weight is 247 g/mol. The van der Waals surface area contributed by atoms with Gasteiger partial charge >= 0.3 is 0 Å². The lowest BCUT2D eigenvalue weighted by Gasteiger charge is -2.03. The van der Waals surface area contributed by atoms with Crippen LogP contribution in [0.5, 0.6) is 0 Å². The molecule has 0 amide bonds.